The third kappa shape index (κ3) is 5.93. The molecule has 1 spiro atoms. The van der Waals surface area contributed by atoms with Gasteiger partial charge in [-0.3, -0.25) is 4.79 Å². The average molecular weight is 527 g/mol. The van der Waals surface area contributed by atoms with Gasteiger partial charge in [-0.1, -0.05) is 34.8 Å². The van der Waals surface area contributed by atoms with Gasteiger partial charge in [0.1, 0.15) is 23.7 Å². The quantitative estimate of drug-likeness (QED) is 0.393. The summed E-state index contributed by atoms with van der Waals surface area (Å²) in [5.41, 5.74) is 1.41. The molecule has 184 valence electrons. The minimum absolute atomic E-state index is 0.0350. The van der Waals surface area contributed by atoms with Gasteiger partial charge in [0.25, 0.3) is 0 Å². The van der Waals surface area contributed by atoms with Gasteiger partial charge in [0.05, 0.1) is 23.1 Å². The molecule has 0 aromatic heterocycles. The second-order valence-corrected chi connectivity index (χ2v) is 11.3. The molecular weight excluding hydrogens is 497 g/mol. The SMILES string of the molecule is CC(C)(C)OC(=O)CCN1CCC2(CC1)COc1ccc(OCc3c(Cl)cc(Cl)cc3Cl)cc12. The van der Waals surface area contributed by atoms with Crippen molar-refractivity contribution in [2.75, 3.05) is 26.2 Å². The topological polar surface area (TPSA) is 48.0 Å². The van der Waals surface area contributed by atoms with Crippen molar-refractivity contribution >= 4 is 40.8 Å². The summed E-state index contributed by atoms with van der Waals surface area (Å²) in [6.45, 7) is 9.13. The predicted molar refractivity (Wildman–Crippen MR) is 136 cm³/mol. The van der Waals surface area contributed by atoms with E-state index < -0.39 is 5.60 Å². The molecule has 2 aliphatic rings. The van der Waals surface area contributed by atoms with Crippen LogP contribution in [0.15, 0.2) is 30.3 Å². The molecule has 0 N–H and O–H groups in total. The zero-order chi connectivity index (χ0) is 24.5. The minimum Gasteiger partial charge on any atom is -0.492 e. The molecular formula is C26H30Cl3NO4. The van der Waals surface area contributed by atoms with Crippen LogP contribution in [0.25, 0.3) is 0 Å². The van der Waals surface area contributed by atoms with Crippen LogP contribution in [0.2, 0.25) is 15.1 Å². The molecule has 2 aromatic carbocycles. The molecule has 0 amide bonds. The molecule has 4 rings (SSSR count). The monoisotopic (exact) mass is 525 g/mol. The summed E-state index contributed by atoms with van der Waals surface area (Å²) < 4.78 is 17.5. The van der Waals surface area contributed by atoms with E-state index in [1.807, 2.05) is 32.9 Å². The van der Waals surface area contributed by atoms with E-state index in [-0.39, 0.29) is 18.0 Å². The van der Waals surface area contributed by atoms with Crippen LogP contribution in [0.4, 0.5) is 0 Å². The lowest BCUT2D eigenvalue weighted by Gasteiger charge is -2.38. The molecule has 0 aliphatic carbocycles. The number of fused-ring (bicyclic) bond motifs is 2. The molecule has 34 heavy (non-hydrogen) atoms. The smallest absolute Gasteiger partial charge is 0.307 e. The first-order chi connectivity index (χ1) is 16.0. The largest absolute Gasteiger partial charge is 0.492 e. The van der Waals surface area contributed by atoms with Crippen molar-refractivity contribution < 1.29 is 19.0 Å². The van der Waals surface area contributed by atoms with E-state index >= 15 is 0 Å². The van der Waals surface area contributed by atoms with Crippen LogP contribution in [0.3, 0.4) is 0 Å². The number of hydrogen-bond acceptors (Lipinski definition) is 5. The number of nitrogens with zero attached hydrogens (tertiary/aromatic N) is 1. The van der Waals surface area contributed by atoms with Crippen molar-refractivity contribution in [3.05, 3.63) is 56.5 Å². The van der Waals surface area contributed by atoms with Crippen molar-refractivity contribution in [1.29, 1.82) is 0 Å². The fourth-order valence-electron chi connectivity index (χ4n) is 4.56. The summed E-state index contributed by atoms with van der Waals surface area (Å²) in [6, 6.07) is 9.28. The van der Waals surface area contributed by atoms with Gasteiger partial charge in [-0.15, -0.1) is 0 Å². The first-order valence-electron chi connectivity index (χ1n) is 11.5. The Hall–Kier alpha value is -1.66. The van der Waals surface area contributed by atoms with E-state index in [0.29, 0.717) is 40.2 Å². The second-order valence-electron chi connectivity index (χ2n) is 10.0. The Balaban J connectivity index is 1.37. The zero-order valence-corrected chi connectivity index (χ0v) is 22.0. The van der Waals surface area contributed by atoms with E-state index in [9.17, 15) is 4.79 Å². The minimum atomic E-state index is -0.446. The van der Waals surface area contributed by atoms with E-state index in [2.05, 4.69) is 11.0 Å². The molecule has 0 unspecified atom stereocenters. The predicted octanol–water partition coefficient (Wildman–Crippen LogP) is 6.68. The Kier molecular flexibility index (Phi) is 7.58. The van der Waals surface area contributed by atoms with Gasteiger partial charge in [-0.2, -0.15) is 0 Å². The molecule has 0 atom stereocenters. The lowest BCUT2D eigenvalue weighted by atomic mass is 9.74. The summed E-state index contributed by atoms with van der Waals surface area (Å²) in [4.78, 5) is 14.4. The third-order valence-electron chi connectivity index (χ3n) is 6.38. The summed E-state index contributed by atoms with van der Waals surface area (Å²) >= 11 is 18.6. The molecule has 0 bridgehead atoms. The molecule has 0 radical (unpaired) electrons. The van der Waals surface area contributed by atoms with E-state index in [4.69, 9.17) is 49.0 Å². The zero-order valence-electron chi connectivity index (χ0n) is 19.8. The molecule has 2 heterocycles. The van der Waals surface area contributed by atoms with Crippen LogP contribution in [-0.4, -0.2) is 42.7 Å². The van der Waals surface area contributed by atoms with Gasteiger partial charge in [-0.25, -0.2) is 0 Å². The highest BCUT2D eigenvalue weighted by molar-refractivity contribution is 6.39. The standard InChI is InChI=1S/C26H30Cl3NO4/c1-25(2,3)34-24(31)6-9-30-10-7-26(8-11-30)16-33-23-5-4-18(14-20(23)26)32-15-19-21(28)12-17(27)13-22(19)29/h4-5,12-14H,6-11,15-16H2,1-3H3. The first-order valence-corrected chi connectivity index (χ1v) is 12.7. The lowest BCUT2D eigenvalue weighted by molar-refractivity contribution is -0.155. The number of benzene rings is 2. The number of hydrogen-bond donors (Lipinski definition) is 0. The van der Waals surface area contributed by atoms with E-state index in [1.165, 1.54) is 5.56 Å². The average Bonchev–Trinajstić information content (AvgIpc) is 3.09. The summed E-state index contributed by atoms with van der Waals surface area (Å²) in [5.74, 6) is 1.51. The Bertz CT molecular complexity index is 1040. The van der Waals surface area contributed by atoms with E-state index in [0.717, 1.165) is 37.4 Å². The Morgan fingerprint density at radius 3 is 2.41 bits per heavy atom. The molecule has 8 heteroatoms. The van der Waals surface area contributed by atoms with Gasteiger partial charge in [-0.05, 0) is 77.0 Å². The number of halogens is 3. The number of likely N-dealkylation sites (tertiary alicyclic amines) is 1. The van der Waals surface area contributed by atoms with Crippen LogP contribution in [0.1, 0.15) is 51.2 Å². The highest BCUT2D eigenvalue weighted by atomic mass is 35.5. The Morgan fingerprint density at radius 1 is 1.09 bits per heavy atom. The van der Waals surface area contributed by atoms with Gasteiger partial charge >= 0.3 is 5.97 Å². The van der Waals surface area contributed by atoms with Crippen LogP contribution in [0, 0.1) is 0 Å². The first kappa shape index (κ1) is 25.4. The lowest BCUT2D eigenvalue weighted by Crippen LogP contribution is -2.44. The molecule has 2 aliphatic heterocycles. The van der Waals surface area contributed by atoms with Crippen LogP contribution in [0.5, 0.6) is 11.5 Å². The Labute approximate surface area is 216 Å². The number of carbonyl (C=O) groups is 1. The molecule has 2 aromatic rings. The molecule has 0 saturated carbocycles. The third-order valence-corrected chi connectivity index (χ3v) is 7.27. The number of esters is 1. The highest BCUT2D eigenvalue weighted by Gasteiger charge is 2.43. The summed E-state index contributed by atoms with van der Waals surface area (Å²) in [6.07, 6.45) is 2.34. The van der Waals surface area contributed by atoms with Crippen LogP contribution >= 0.6 is 34.8 Å². The van der Waals surface area contributed by atoms with Crippen molar-refractivity contribution in [1.82, 2.24) is 4.90 Å². The summed E-state index contributed by atoms with van der Waals surface area (Å²) in [5, 5.41) is 1.46. The molecule has 1 fully saturated rings. The maximum absolute atomic E-state index is 12.1. The van der Waals surface area contributed by atoms with Crippen molar-refractivity contribution in [2.45, 2.75) is 57.7 Å². The highest BCUT2D eigenvalue weighted by Crippen LogP contribution is 2.47. The second kappa shape index (κ2) is 10.1. The maximum Gasteiger partial charge on any atom is 0.307 e. The normalized spacial score (nSPS) is 17.4. The number of rotatable bonds is 6. The van der Waals surface area contributed by atoms with Crippen LogP contribution in [-0.2, 0) is 21.6 Å². The molecule has 5 nitrogen and oxygen atoms in total. The van der Waals surface area contributed by atoms with Crippen molar-refractivity contribution in [3.63, 3.8) is 0 Å². The van der Waals surface area contributed by atoms with Gasteiger partial charge < -0.3 is 19.1 Å². The van der Waals surface area contributed by atoms with Crippen molar-refractivity contribution in [2.24, 2.45) is 0 Å². The van der Waals surface area contributed by atoms with E-state index in [1.54, 1.807) is 12.1 Å². The fourth-order valence-corrected chi connectivity index (χ4v) is 5.48. The number of carbonyl (C=O) groups excluding carboxylic acids is 1. The number of piperidine rings is 1. The van der Waals surface area contributed by atoms with Gasteiger partial charge in [0, 0.05) is 28.1 Å². The van der Waals surface area contributed by atoms with Crippen molar-refractivity contribution in [3.8, 4) is 11.5 Å². The van der Waals surface area contributed by atoms with Gasteiger partial charge in [0.2, 0.25) is 0 Å². The fraction of sp³-hybridized carbons (Fsp3) is 0.500. The molecule has 1 saturated heterocycles. The Morgan fingerprint density at radius 2 is 1.76 bits per heavy atom. The van der Waals surface area contributed by atoms with Gasteiger partial charge in [0.15, 0.2) is 0 Å². The van der Waals surface area contributed by atoms with Crippen LogP contribution < -0.4 is 9.47 Å². The number of ether oxygens (including phenoxy) is 3. The maximum atomic E-state index is 12.1. The summed E-state index contributed by atoms with van der Waals surface area (Å²) in [7, 11) is 0.